The molecule has 2 aromatic rings. The van der Waals surface area contributed by atoms with Crippen molar-refractivity contribution in [3.05, 3.63) is 71.3 Å². The molecule has 0 saturated heterocycles. The van der Waals surface area contributed by atoms with E-state index in [1.165, 1.54) is 0 Å². The van der Waals surface area contributed by atoms with Crippen LogP contribution in [0.15, 0.2) is 59.6 Å². The number of aliphatic hydroxyl groups is 1. The van der Waals surface area contributed by atoms with Crippen molar-refractivity contribution in [3.8, 4) is 0 Å². The molecule has 2 aromatic carbocycles. The molecule has 22 heavy (non-hydrogen) atoms. The number of rotatable bonds is 4. The largest absolute Gasteiger partial charge is 0.392 e. The fraction of sp³-hybridized carbons (Fsp3) is 0.125. The minimum atomic E-state index is -0.637. The lowest BCUT2D eigenvalue weighted by Crippen LogP contribution is -2.32. The molecule has 0 aliphatic heterocycles. The smallest absolute Gasteiger partial charge is 0.344 e. The molecule has 114 valence electrons. The van der Waals surface area contributed by atoms with Gasteiger partial charge in [-0.2, -0.15) is 4.99 Å². The molecule has 0 fully saturated rings. The van der Waals surface area contributed by atoms with Crippen molar-refractivity contribution in [1.82, 2.24) is 5.32 Å². The number of aliphatic imine (C=N–C) groups is 1. The summed E-state index contributed by atoms with van der Waals surface area (Å²) in [6, 6.07) is 15.6. The zero-order valence-corrected chi connectivity index (χ0v) is 11.9. The van der Waals surface area contributed by atoms with Crippen molar-refractivity contribution >= 4 is 12.0 Å². The molecule has 6 nitrogen and oxygen atoms in total. The molecule has 0 aliphatic rings. The Morgan fingerprint density at radius 2 is 1.73 bits per heavy atom. The zero-order valence-electron chi connectivity index (χ0n) is 11.9. The summed E-state index contributed by atoms with van der Waals surface area (Å²) in [5.41, 5.74) is 12.8. The van der Waals surface area contributed by atoms with E-state index >= 15 is 0 Å². The number of carbonyl (C=O) groups excluding carboxylic acids is 1. The van der Waals surface area contributed by atoms with Gasteiger partial charge < -0.3 is 21.9 Å². The van der Waals surface area contributed by atoms with Crippen LogP contribution in [0.2, 0.25) is 0 Å². The first-order valence-electron chi connectivity index (χ1n) is 6.75. The number of urea groups is 1. The average Bonchev–Trinajstić information content (AvgIpc) is 2.53. The zero-order chi connectivity index (χ0) is 15.9. The van der Waals surface area contributed by atoms with Crippen molar-refractivity contribution in [2.75, 3.05) is 0 Å². The van der Waals surface area contributed by atoms with E-state index in [9.17, 15) is 9.90 Å². The van der Waals surface area contributed by atoms with E-state index in [1.807, 2.05) is 48.5 Å². The van der Waals surface area contributed by atoms with Crippen LogP contribution in [0.4, 0.5) is 4.79 Å². The highest BCUT2D eigenvalue weighted by Crippen LogP contribution is 2.25. The Balaban J connectivity index is 2.42. The molecule has 0 aliphatic carbocycles. The highest BCUT2D eigenvalue weighted by Gasteiger charge is 2.19. The summed E-state index contributed by atoms with van der Waals surface area (Å²) >= 11 is 0. The van der Waals surface area contributed by atoms with Gasteiger partial charge in [0.2, 0.25) is 0 Å². The number of hydrogen-bond acceptors (Lipinski definition) is 2. The van der Waals surface area contributed by atoms with Crippen LogP contribution in [0, 0.1) is 0 Å². The first-order chi connectivity index (χ1) is 10.6. The maximum atomic E-state index is 11.9. The minimum absolute atomic E-state index is 0.127. The van der Waals surface area contributed by atoms with Crippen molar-refractivity contribution < 1.29 is 9.90 Å². The fourth-order valence-electron chi connectivity index (χ4n) is 2.22. The van der Waals surface area contributed by atoms with Gasteiger partial charge in [0.15, 0.2) is 5.96 Å². The normalized spacial score (nSPS) is 11.5. The summed E-state index contributed by atoms with van der Waals surface area (Å²) in [7, 11) is 0. The van der Waals surface area contributed by atoms with Crippen LogP contribution in [-0.4, -0.2) is 17.1 Å². The van der Waals surface area contributed by atoms with Gasteiger partial charge in [-0.05, 0) is 16.7 Å². The van der Waals surface area contributed by atoms with Crippen LogP contribution in [0.1, 0.15) is 22.7 Å². The molecule has 0 heterocycles. The summed E-state index contributed by atoms with van der Waals surface area (Å²) in [6.45, 7) is -0.127. The molecular formula is C16H18N4O2. The molecule has 0 radical (unpaired) electrons. The number of amides is 2. The summed E-state index contributed by atoms with van der Waals surface area (Å²) < 4.78 is 0. The second kappa shape index (κ2) is 7.24. The molecular weight excluding hydrogens is 280 g/mol. The SMILES string of the molecule is NC(N)=NC(=O)NC(c1ccccc1)c1ccccc1CO. The molecule has 1 atom stereocenters. The van der Waals surface area contributed by atoms with Gasteiger partial charge in [0.25, 0.3) is 0 Å². The lowest BCUT2D eigenvalue weighted by molar-refractivity contribution is 0.246. The quantitative estimate of drug-likeness (QED) is 0.502. The second-order valence-corrected chi connectivity index (χ2v) is 4.69. The third-order valence-electron chi connectivity index (χ3n) is 3.17. The first-order valence-corrected chi connectivity index (χ1v) is 6.75. The lowest BCUT2D eigenvalue weighted by atomic mass is 9.95. The summed E-state index contributed by atoms with van der Waals surface area (Å²) in [6.07, 6.45) is 0. The van der Waals surface area contributed by atoms with Crippen molar-refractivity contribution in [1.29, 1.82) is 0 Å². The Hall–Kier alpha value is -2.86. The number of guanidine groups is 1. The molecule has 2 rings (SSSR count). The summed E-state index contributed by atoms with van der Waals surface area (Å²) in [5.74, 6) is -0.306. The van der Waals surface area contributed by atoms with E-state index in [4.69, 9.17) is 11.5 Å². The van der Waals surface area contributed by atoms with Crippen LogP contribution in [0.5, 0.6) is 0 Å². The van der Waals surface area contributed by atoms with E-state index in [2.05, 4.69) is 10.3 Å². The standard InChI is InChI=1S/C16H18N4O2/c17-15(18)20-16(22)19-14(11-6-2-1-3-7-11)13-9-5-4-8-12(13)10-21/h1-9,14,21H,10H2,(H5,17,18,19,20,22). The molecule has 0 bridgehead atoms. The molecule has 6 N–H and O–H groups in total. The van der Waals surface area contributed by atoms with E-state index in [0.29, 0.717) is 0 Å². The van der Waals surface area contributed by atoms with Gasteiger partial charge in [0.05, 0.1) is 12.6 Å². The van der Waals surface area contributed by atoms with Gasteiger partial charge in [-0.25, -0.2) is 4.79 Å². The molecule has 0 spiro atoms. The molecule has 0 saturated carbocycles. The maximum absolute atomic E-state index is 11.9. The van der Waals surface area contributed by atoms with Crippen LogP contribution in [-0.2, 0) is 6.61 Å². The number of nitrogens with two attached hydrogens (primary N) is 2. The van der Waals surface area contributed by atoms with Crippen molar-refractivity contribution in [2.45, 2.75) is 12.6 Å². The van der Waals surface area contributed by atoms with Gasteiger partial charge in [-0.15, -0.1) is 0 Å². The van der Waals surface area contributed by atoms with Crippen LogP contribution in [0.25, 0.3) is 0 Å². The van der Waals surface area contributed by atoms with Gasteiger partial charge in [-0.3, -0.25) is 0 Å². The fourth-order valence-corrected chi connectivity index (χ4v) is 2.22. The molecule has 2 amide bonds. The van der Waals surface area contributed by atoms with Gasteiger partial charge in [-0.1, -0.05) is 54.6 Å². The molecule has 1 unspecified atom stereocenters. The minimum Gasteiger partial charge on any atom is -0.392 e. The number of benzene rings is 2. The van der Waals surface area contributed by atoms with Gasteiger partial charge in [0.1, 0.15) is 0 Å². The Bertz CT molecular complexity index is 667. The third kappa shape index (κ3) is 3.83. The Kier molecular flexibility index (Phi) is 5.11. The Labute approximate surface area is 128 Å². The number of nitrogens with zero attached hydrogens (tertiary/aromatic N) is 1. The number of hydrogen-bond donors (Lipinski definition) is 4. The Morgan fingerprint density at radius 1 is 1.09 bits per heavy atom. The predicted octanol–water partition coefficient (Wildman–Crippen LogP) is 1.25. The lowest BCUT2D eigenvalue weighted by Gasteiger charge is -2.21. The second-order valence-electron chi connectivity index (χ2n) is 4.69. The van der Waals surface area contributed by atoms with E-state index in [1.54, 1.807) is 6.07 Å². The maximum Gasteiger partial charge on any atom is 0.344 e. The van der Waals surface area contributed by atoms with E-state index < -0.39 is 12.1 Å². The average molecular weight is 298 g/mol. The van der Waals surface area contributed by atoms with E-state index in [-0.39, 0.29) is 12.6 Å². The molecule has 6 heteroatoms. The van der Waals surface area contributed by atoms with E-state index in [0.717, 1.165) is 16.7 Å². The number of aliphatic hydroxyl groups excluding tert-OH is 1. The monoisotopic (exact) mass is 298 g/mol. The highest BCUT2D eigenvalue weighted by molar-refractivity contribution is 5.90. The molecule has 0 aromatic heterocycles. The number of carbonyl (C=O) groups is 1. The summed E-state index contributed by atoms with van der Waals surface area (Å²) in [4.78, 5) is 15.4. The highest BCUT2D eigenvalue weighted by atomic mass is 16.3. The predicted molar refractivity (Wildman–Crippen MR) is 85.0 cm³/mol. The van der Waals surface area contributed by atoms with Crippen molar-refractivity contribution in [2.24, 2.45) is 16.5 Å². The topological polar surface area (TPSA) is 114 Å². The van der Waals surface area contributed by atoms with Crippen molar-refractivity contribution in [3.63, 3.8) is 0 Å². The van der Waals surface area contributed by atoms with Crippen LogP contribution < -0.4 is 16.8 Å². The van der Waals surface area contributed by atoms with Crippen LogP contribution >= 0.6 is 0 Å². The third-order valence-corrected chi connectivity index (χ3v) is 3.17. The first kappa shape index (κ1) is 15.5. The summed E-state index contributed by atoms with van der Waals surface area (Å²) in [5, 5.41) is 12.3. The van der Waals surface area contributed by atoms with Crippen LogP contribution in [0.3, 0.4) is 0 Å². The number of nitrogens with one attached hydrogen (secondary N) is 1. The van der Waals surface area contributed by atoms with Gasteiger partial charge >= 0.3 is 6.03 Å². The Morgan fingerprint density at radius 3 is 2.36 bits per heavy atom. The van der Waals surface area contributed by atoms with Gasteiger partial charge in [0, 0.05) is 0 Å².